The molecule has 0 heterocycles. The van der Waals surface area contributed by atoms with Crippen molar-refractivity contribution < 1.29 is 26.3 Å². The number of benzene rings is 2. The van der Waals surface area contributed by atoms with Crippen molar-refractivity contribution in [2.75, 3.05) is 12.3 Å². The van der Waals surface area contributed by atoms with E-state index in [0.717, 1.165) is 5.56 Å². The Kier molecular flexibility index (Phi) is 10.4. The van der Waals surface area contributed by atoms with Gasteiger partial charge in [-0.2, -0.15) is 0 Å². The highest BCUT2D eigenvalue weighted by molar-refractivity contribution is 14.0. The normalized spacial score (nSPS) is 12.2. The van der Waals surface area contributed by atoms with E-state index in [4.69, 9.17) is 5.73 Å². The number of hydrogen-bond donors (Lipinski definition) is 3. The number of guanidine groups is 1. The highest BCUT2D eigenvalue weighted by Crippen LogP contribution is 2.22. The molecule has 0 fully saturated rings. The molecule has 7 nitrogen and oxygen atoms in total. The third-order valence-corrected chi connectivity index (χ3v) is 4.93. The average molecular weight is 558 g/mol. The minimum atomic E-state index is -4.75. The summed E-state index contributed by atoms with van der Waals surface area (Å²) in [6.45, 7) is 0.364. The van der Waals surface area contributed by atoms with E-state index < -0.39 is 16.4 Å². The van der Waals surface area contributed by atoms with Gasteiger partial charge in [-0.1, -0.05) is 42.5 Å². The fourth-order valence-electron chi connectivity index (χ4n) is 2.20. The molecule has 2 aromatic carbocycles. The zero-order valence-electron chi connectivity index (χ0n) is 15.7. The Bertz CT molecular complexity index is 909. The molecule has 2 aromatic rings. The fraction of sp³-hybridized carbons (Fsp3) is 0.278. The number of nitrogens with zero attached hydrogens (tertiary/aromatic N) is 1. The van der Waals surface area contributed by atoms with E-state index in [1.807, 2.05) is 30.3 Å². The number of aliphatic imine (C=N–C) groups is 1. The molecule has 0 aliphatic heterocycles. The summed E-state index contributed by atoms with van der Waals surface area (Å²) in [5.41, 5.74) is 7.14. The molecule has 0 saturated heterocycles. The molecule has 0 amide bonds. The largest absolute Gasteiger partial charge is 0.573 e. The summed E-state index contributed by atoms with van der Waals surface area (Å²) in [6, 6.07) is 14.3. The van der Waals surface area contributed by atoms with Gasteiger partial charge in [-0.15, -0.1) is 37.1 Å². The summed E-state index contributed by atoms with van der Waals surface area (Å²) >= 11 is 0. The zero-order valence-corrected chi connectivity index (χ0v) is 18.9. The van der Waals surface area contributed by atoms with Crippen LogP contribution in [0.3, 0.4) is 0 Å². The standard InChI is InChI=1S/C18H21F3N4O3S.HI/c19-18(20,21)28-16-8-6-15(7-9-16)12-24-17(22)23-10-11-29(26,27)25-13-14-4-2-1-3-5-14;/h1-9,25H,10-13H2,(H3,22,23,24);1H. The lowest BCUT2D eigenvalue weighted by atomic mass is 10.2. The Balaban J connectivity index is 0.00000450. The maximum absolute atomic E-state index is 12.1. The second-order valence-corrected chi connectivity index (χ2v) is 7.87. The Morgan fingerprint density at radius 3 is 2.27 bits per heavy atom. The predicted octanol–water partition coefficient (Wildman–Crippen LogP) is 2.73. The molecule has 30 heavy (non-hydrogen) atoms. The van der Waals surface area contributed by atoms with Crippen LogP contribution in [-0.4, -0.2) is 33.0 Å². The smallest absolute Gasteiger partial charge is 0.406 e. The van der Waals surface area contributed by atoms with Crippen LogP contribution in [-0.2, 0) is 23.1 Å². The number of sulfonamides is 1. The van der Waals surface area contributed by atoms with Gasteiger partial charge in [-0.05, 0) is 23.3 Å². The van der Waals surface area contributed by atoms with Crippen molar-refractivity contribution in [1.82, 2.24) is 10.0 Å². The van der Waals surface area contributed by atoms with Crippen LogP contribution in [0.25, 0.3) is 0 Å². The van der Waals surface area contributed by atoms with Crippen molar-refractivity contribution >= 4 is 40.0 Å². The second kappa shape index (κ2) is 12.0. The number of nitrogens with two attached hydrogens (primary N) is 1. The maximum atomic E-state index is 12.1. The maximum Gasteiger partial charge on any atom is 0.573 e. The van der Waals surface area contributed by atoms with Gasteiger partial charge in [0.25, 0.3) is 0 Å². The van der Waals surface area contributed by atoms with Crippen LogP contribution in [0, 0.1) is 0 Å². The first-order chi connectivity index (χ1) is 13.6. The van der Waals surface area contributed by atoms with E-state index in [1.54, 1.807) is 0 Å². The zero-order chi connectivity index (χ0) is 21.3. The first-order valence-corrected chi connectivity index (χ1v) is 10.2. The van der Waals surface area contributed by atoms with Crippen molar-refractivity contribution in [3.05, 3.63) is 65.7 Å². The number of nitrogens with one attached hydrogen (secondary N) is 2. The molecule has 166 valence electrons. The van der Waals surface area contributed by atoms with Gasteiger partial charge >= 0.3 is 6.36 Å². The van der Waals surface area contributed by atoms with E-state index >= 15 is 0 Å². The molecular weight excluding hydrogens is 536 g/mol. The van der Waals surface area contributed by atoms with E-state index in [2.05, 4.69) is 19.8 Å². The number of alkyl halides is 3. The lowest BCUT2D eigenvalue weighted by Gasteiger charge is -2.09. The Morgan fingerprint density at radius 1 is 1.03 bits per heavy atom. The fourth-order valence-corrected chi connectivity index (χ4v) is 3.11. The van der Waals surface area contributed by atoms with Crippen molar-refractivity contribution in [2.24, 2.45) is 10.7 Å². The summed E-state index contributed by atoms with van der Waals surface area (Å²) < 4.78 is 66.6. The second-order valence-electron chi connectivity index (χ2n) is 5.95. The van der Waals surface area contributed by atoms with Crippen molar-refractivity contribution in [2.45, 2.75) is 19.5 Å². The summed E-state index contributed by atoms with van der Waals surface area (Å²) in [5, 5.41) is 2.68. The summed E-state index contributed by atoms with van der Waals surface area (Å²) in [6.07, 6.45) is -4.75. The Labute approximate surface area is 190 Å². The summed E-state index contributed by atoms with van der Waals surface area (Å²) in [5.74, 6) is -0.497. The van der Waals surface area contributed by atoms with Gasteiger partial charge in [0.2, 0.25) is 10.0 Å². The highest BCUT2D eigenvalue weighted by atomic mass is 127. The van der Waals surface area contributed by atoms with E-state index in [0.29, 0.717) is 5.56 Å². The van der Waals surface area contributed by atoms with Gasteiger partial charge < -0.3 is 15.8 Å². The minimum absolute atomic E-state index is 0. The van der Waals surface area contributed by atoms with Crippen LogP contribution in [0.15, 0.2) is 59.6 Å². The van der Waals surface area contributed by atoms with Crippen LogP contribution in [0.2, 0.25) is 0 Å². The summed E-state index contributed by atoms with van der Waals surface area (Å²) in [4.78, 5) is 4.02. The van der Waals surface area contributed by atoms with E-state index in [1.165, 1.54) is 24.3 Å². The molecule has 0 saturated carbocycles. The van der Waals surface area contributed by atoms with Gasteiger partial charge in [-0.3, -0.25) is 0 Å². The predicted molar refractivity (Wildman–Crippen MR) is 119 cm³/mol. The number of halogens is 4. The highest BCUT2D eigenvalue weighted by Gasteiger charge is 2.30. The van der Waals surface area contributed by atoms with Crippen LogP contribution in [0.5, 0.6) is 5.75 Å². The molecule has 0 aromatic heterocycles. The number of hydrogen-bond acceptors (Lipinski definition) is 4. The molecule has 0 unspecified atom stereocenters. The van der Waals surface area contributed by atoms with Crippen LogP contribution >= 0.6 is 24.0 Å². The Morgan fingerprint density at radius 2 is 1.67 bits per heavy atom. The van der Waals surface area contributed by atoms with Crippen molar-refractivity contribution in [1.29, 1.82) is 0 Å². The summed E-state index contributed by atoms with van der Waals surface area (Å²) in [7, 11) is -3.49. The molecule has 2 rings (SSSR count). The van der Waals surface area contributed by atoms with Gasteiger partial charge in [0.15, 0.2) is 5.96 Å². The average Bonchev–Trinajstić information content (AvgIpc) is 2.65. The van der Waals surface area contributed by atoms with Gasteiger partial charge in [0.1, 0.15) is 5.75 Å². The lowest BCUT2D eigenvalue weighted by Crippen LogP contribution is -2.37. The SMILES string of the molecule is I.NC(=NCc1ccc(OC(F)(F)F)cc1)NCCS(=O)(=O)NCc1ccccc1. The number of ether oxygens (including phenoxy) is 1. The van der Waals surface area contributed by atoms with E-state index in [9.17, 15) is 21.6 Å². The third kappa shape index (κ3) is 10.6. The molecule has 0 aliphatic rings. The van der Waals surface area contributed by atoms with Crippen LogP contribution in [0.4, 0.5) is 13.2 Å². The van der Waals surface area contributed by atoms with Crippen molar-refractivity contribution in [3.8, 4) is 5.75 Å². The first-order valence-electron chi connectivity index (χ1n) is 8.53. The third-order valence-electron chi connectivity index (χ3n) is 3.60. The molecular formula is C18H22F3IN4O3S. The molecule has 0 atom stereocenters. The first kappa shape index (κ1) is 26.0. The van der Waals surface area contributed by atoms with Gasteiger partial charge in [0, 0.05) is 13.1 Å². The number of rotatable bonds is 9. The molecule has 0 aliphatic carbocycles. The molecule has 12 heteroatoms. The molecule has 0 radical (unpaired) electrons. The molecule has 0 spiro atoms. The van der Waals surface area contributed by atoms with Crippen LogP contribution < -0.4 is 20.5 Å². The minimum Gasteiger partial charge on any atom is -0.406 e. The van der Waals surface area contributed by atoms with E-state index in [-0.39, 0.29) is 61.1 Å². The topological polar surface area (TPSA) is 106 Å². The quantitative estimate of drug-likeness (QED) is 0.250. The lowest BCUT2D eigenvalue weighted by molar-refractivity contribution is -0.274. The van der Waals surface area contributed by atoms with Crippen molar-refractivity contribution in [3.63, 3.8) is 0 Å². The Hall–Kier alpha value is -2.06. The van der Waals surface area contributed by atoms with Gasteiger partial charge in [0.05, 0.1) is 12.3 Å². The van der Waals surface area contributed by atoms with Crippen LogP contribution in [0.1, 0.15) is 11.1 Å². The molecule has 0 bridgehead atoms. The molecule has 4 N–H and O–H groups in total. The van der Waals surface area contributed by atoms with Gasteiger partial charge in [-0.25, -0.2) is 18.1 Å². The monoisotopic (exact) mass is 558 g/mol.